The predicted molar refractivity (Wildman–Crippen MR) is 70.5 cm³/mol. The van der Waals surface area contributed by atoms with Crippen LogP contribution in [0.2, 0.25) is 0 Å². The van der Waals surface area contributed by atoms with Crippen LogP contribution in [0.15, 0.2) is 18.2 Å². The van der Waals surface area contributed by atoms with E-state index in [0.29, 0.717) is 19.1 Å². The largest absolute Gasteiger partial charge is 0.478 e. The molecule has 1 amide bonds. The van der Waals surface area contributed by atoms with Crippen molar-refractivity contribution >= 4 is 17.6 Å². The van der Waals surface area contributed by atoms with Crippen molar-refractivity contribution in [3.05, 3.63) is 29.3 Å². The molecule has 1 fully saturated rings. The molecule has 1 saturated carbocycles. The number of carbonyl (C=O) groups excluding carboxylic acids is 1. The maximum Gasteiger partial charge on any atom is 0.335 e. The molecule has 1 aromatic carbocycles. The number of rotatable bonds is 4. The van der Waals surface area contributed by atoms with E-state index >= 15 is 0 Å². The molecular formula is C14H16N2O3. The molecule has 0 aromatic heterocycles. The molecule has 2 N–H and O–H groups in total. The van der Waals surface area contributed by atoms with Gasteiger partial charge in [0, 0.05) is 18.3 Å². The lowest BCUT2D eigenvalue weighted by Crippen LogP contribution is -2.37. The summed E-state index contributed by atoms with van der Waals surface area (Å²) in [5, 5.41) is 12.2. The fraction of sp³-hybridized carbons (Fsp3) is 0.429. The Morgan fingerprint density at radius 1 is 1.37 bits per heavy atom. The molecule has 100 valence electrons. The number of carboxylic acid groups (broad SMARTS) is 1. The monoisotopic (exact) mass is 260 g/mol. The first kappa shape index (κ1) is 12.2. The molecule has 5 heteroatoms. The first-order chi connectivity index (χ1) is 9.15. The number of nitrogens with zero attached hydrogens (tertiary/aromatic N) is 1. The van der Waals surface area contributed by atoms with Gasteiger partial charge in [-0.2, -0.15) is 0 Å². The molecule has 0 radical (unpaired) electrons. The number of nitrogens with one attached hydrogen (secondary N) is 1. The van der Waals surface area contributed by atoms with Gasteiger partial charge in [-0.05, 0) is 37.0 Å². The van der Waals surface area contributed by atoms with E-state index in [0.717, 1.165) is 30.5 Å². The molecule has 3 rings (SSSR count). The smallest absolute Gasteiger partial charge is 0.335 e. The van der Waals surface area contributed by atoms with Crippen LogP contribution in [0.1, 0.15) is 28.8 Å². The van der Waals surface area contributed by atoms with Gasteiger partial charge in [0.25, 0.3) is 0 Å². The minimum atomic E-state index is -0.960. The van der Waals surface area contributed by atoms with Crippen molar-refractivity contribution in [2.45, 2.75) is 25.3 Å². The Labute approximate surface area is 111 Å². The second-order valence-electron chi connectivity index (χ2n) is 5.10. The first-order valence-corrected chi connectivity index (χ1v) is 6.55. The van der Waals surface area contributed by atoms with Gasteiger partial charge in [-0.15, -0.1) is 0 Å². The highest BCUT2D eigenvalue weighted by Crippen LogP contribution is 2.29. The van der Waals surface area contributed by atoms with Crippen molar-refractivity contribution in [2.75, 3.05) is 18.0 Å². The van der Waals surface area contributed by atoms with Gasteiger partial charge in [0.2, 0.25) is 5.91 Å². The van der Waals surface area contributed by atoms with Gasteiger partial charge in [-0.1, -0.05) is 6.07 Å². The van der Waals surface area contributed by atoms with Crippen molar-refractivity contribution < 1.29 is 14.7 Å². The summed E-state index contributed by atoms with van der Waals surface area (Å²) in [4.78, 5) is 24.8. The highest BCUT2D eigenvalue weighted by molar-refractivity contribution is 5.98. The summed E-state index contributed by atoms with van der Waals surface area (Å²) in [6, 6.07) is 5.49. The summed E-state index contributed by atoms with van der Waals surface area (Å²) in [6.07, 6.45) is 3.09. The van der Waals surface area contributed by atoms with Crippen LogP contribution in [0.3, 0.4) is 0 Å². The van der Waals surface area contributed by atoms with Gasteiger partial charge in [-0.25, -0.2) is 4.79 Å². The van der Waals surface area contributed by atoms with Crippen LogP contribution in [0.25, 0.3) is 0 Å². The Kier molecular flexibility index (Phi) is 2.98. The minimum absolute atomic E-state index is 0.0215. The van der Waals surface area contributed by atoms with E-state index in [1.54, 1.807) is 23.1 Å². The molecule has 5 nitrogen and oxygen atoms in total. The van der Waals surface area contributed by atoms with Crippen molar-refractivity contribution in [1.82, 2.24) is 5.32 Å². The summed E-state index contributed by atoms with van der Waals surface area (Å²) >= 11 is 0. The average Bonchev–Trinajstić information content (AvgIpc) is 3.13. The number of anilines is 1. The highest BCUT2D eigenvalue weighted by atomic mass is 16.4. The Morgan fingerprint density at radius 3 is 2.84 bits per heavy atom. The molecule has 1 aromatic rings. The van der Waals surface area contributed by atoms with Crippen LogP contribution in [0.5, 0.6) is 0 Å². The van der Waals surface area contributed by atoms with Crippen molar-refractivity contribution in [2.24, 2.45) is 0 Å². The van der Waals surface area contributed by atoms with E-state index in [1.807, 2.05) is 0 Å². The van der Waals surface area contributed by atoms with Crippen molar-refractivity contribution in [3.63, 3.8) is 0 Å². The number of carbonyl (C=O) groups is 2. The summed E-state index contributed by atoms with van der Waals surface area (Å²) in [7, 11) is 0. The molecule has 0 spiro atoms. The van der Waals surface area contributed by atoms with Crippen LogP contribution in [0, 0.1) is 0 Å². The molecule has 1 aliphatic carbocycles. The van der Waals surface area contributed by atoms with E-state index in [-0.39, 0.29) is 11.5 Å². The Bertz CT molecular complexity index is 537. The molecule has 2 aliphatic rings. The molecule has 0 saturated heterocycles. The maximum atomic E-state index is 12.1. The fourth-order valence-electron chi connectivity index (χ4n) is 2.39. The first-order valence-electron chi connectivity index (χ1n) is 6.55. The molecule has 0 bridgehead atoms. The van der Waals surface area contributed by atoms with E-state index in [1.165, 1.54) is 0 Å². The number of hydrogen-bond acceptors (Lipinski definition) is 3. The van der Waals surface area contributed by atoms with Gasteiger partial charge < -0.3 is 15.3 Å². The topological polar surface area (TPSA) is 69.6 Å². The van der Waals surface area contributed by atoms with Gasteiger partial charge >= 0.3 is 5.97 Å². The van der Waals surface area contributed by atoms with Crippen LogP contribution >= 0.6 is 0 Å². The van der Waals surface area contributed by atoms with Crippen LogP contribution in [-0.4, -0.2) is 36.1 Å². The van der Waals surface area contributed by atoms with E-state index in [2.05, 4.69) is 5.32 Å². The van der Waals surface area contributed by atoms with Crippen molar-refractivity contribution in [1.29, 1.82) is 0 Å². The zero-order valence-electron chi connectivity index (χ0n) is 10.6. The second kappa shape index (κ2) is 4.66. The zero-order chi connectivity index (χ0) is 13.4. The van der Waals surface area contributed by atoms with Gasteiger partial charge in [0.05, 0.1) is 12.1 Å². The Morgan fingerprint density at radius 2 is 2.16 bits per heavy atom. The summed E-state index contributed by atoms with van der Waals surface area (Å²) in [6.45, 7) is 0.977. The number of fused-ring (bicyclic) bond motifs is 1. The van der Waals surface area contributed by atoms with E-state index < -0.39 is 5.97 Å². The summed E-state index contributed by atoms with van der Waals surface area (Å²) in [5.74, 6) is -0.939. The molecular weight excluding hydrogens is 244 g/mol. The third-order valence-corrected chi connectivity index (χ3v) is 3.65. The number of amides is 1. The van der Waals surface area contributed by atoms with E-state index in [9.17, 15) is 9.59 Å². The van der Waals surface area contributed by atoms with Crippen LogP contribution in [0.4, 0.5) is 5.69 Å². The summed E-state index contributed by atoms with van der Waals surface area (Å²) in [5.41, 5.74) is 2.03. The van der Waals surface area contributed by atoms with Gasteiger partial charge in [-0.3, -0.25) is 4.79 Å². The molecule has 1 heterocycles. The Balaban J connectivity index is 1.77. The Hall–Kier alpha value is -1.88. The zero-order valence-corrected chi connectivity index (χ0v) is 10.6. The SMILES string of the molecule is O=C(O)c1ccc2c(c1)N(C(=O)CNC1CC1)CC2. The molecule has 0 unspecified atom stereocenters. The minimum Gasteiger partial charge on any atom is -0.478 e. The normalized spacial score (nSPS) is 17.4. The van der Waals surface area contributed by atoms with Gasteiger partial charge in [0.1, 0.15) is 0 Å². The number of aromatic carboxylic acids is 1. The molecule has 1 aliphatic heterocycles. The second-order valence-corrected chi connectivity index (χ2v) is 5.10. The average molecular weight is 260 g/mol. The quantitative estimate of drug-likeness (QED) is 0.848. The maximum absolute atomic E-state index is 12.1. The van der Waals surface area contributed by atoms with Crippen molar-refractivity contribution in [3.8, 4) is 0 Å². The van der Waals surface area contributed by atoms with Crippen LogP contribution in [-0.2, 0) is 11.2 Å². The number of hydrogen-bond donors (Lipinski definition) is 2. The van der Waals surface area contributed by atoms with Crippen LogP contribution < -0.4 is 10.2 Å². The lowest BCUT2D eigenvalue weighted by atomic mass is 10.1. The predicted octanol–water partition coefficient (Wildman–Crippen LogP) is 1.03. The third kappa shape index (κ3) is 2.46. The van der Waals surface area contributed by atoms with Gasteiger partial charge in [0.15, 0.2) is 0 Å². The highest BCUT2D eigenvalue weighted by Gasteiger charge is 2.27. The molecule has 19 heavy (non-hydrogen) atoms. The third-order valence-electron chi connectivity index (χ3n) is 3.65. The summed E-state index contributed by atoms with van der Waals surface area (Å²) < 4.78 is 0. The molecule has 0 atom stereocenters. The number of carboxylic acids is 1. The standard InChI is InChI=1S/C14H16N2O3/c17-13(8-15-11-3-4-11)16-6-5-9-1-2-10(14(18)19)7-12(9)16/h1-2,7,11,15H,3-6,8H2,(H,18,19). The van der Waals surface area contributed by atoms with E-state index in [4.69, 9.17) is 5.11 Å². The lowest BCUT2D eigenvalue weighted by Gasteiger charge is -2.18. The fourth-order valence-corrected chi connectivity index (χ4v) is 2.39. The number of benzene rings is 1. The lowest BCUT2D eigenvalue weighted by molar-refractivity contribution is -0.117.